The quantitative estimate of drug-likeness (QED) is 0.185. The van der Waals surface area contributed by atoms with Gasteiger partial charge in [0.1, 0.15) is 23.0 Å². The molecule has 3 aromatic rings. The molecule has 16 heteroatoms. The van der Waals surface area contributed by atoms with Gasteiger partial charge in [-0.3, -0.25) is 19.2 Å². The fourth-order valence-electron chi connectivity index (χ4n) is 9.33. The molecule has 11 nitrogen and oxygen atoms in total. The van der Waals surface area contributed by atoms with Gasteiger partial charge in [0.15, 0.2) is 16.8 Å². The Hall–Kier alpha value is -1.73. The first kappa shape index (κ1) is 57.8. The third-order valence-electron chi connectivity index (χ3n) is 13.7. The molecule has 0 radical (unpaired) electrons. The number of hydrogen-bond acceptors (Lipinski definition) is 11. The van der Waals surface area contributed by atoms with Gasteiger partial charge < -0.3 is 57.9 Å². The van der Waals surface area contributed by atoms with Crippen molar-refractivity contribution in [3.05, 3.63) is 92.1 Å². The first-order chi connectivity index (χ1) is 30.5. The van der Waals surface area contributed by atoms with Crippen molar-refractivity contribution in [2.24, 2.45) is 0 Å². The Morgan fingerprint density at radius 2 is 0.836 bits per heavy atom. The third-order valence-corrected chi connectivity index (χ3v) is 15.2. The molecular formula is C51H62Br4MgO11. The number of methoxy groups -OCH3 is 1. The Balaban J connectivity index is 0.000000194. The number of aliphatic hydroxyl groups is 1. The first-order valence-electron chi connectivity index (χ1n) is 22.6. The molecule has 1 N–H and O–H groups in total. The predicted molar refractivity (Wildman–Crippen MR) is 264 cm³/mol. The van der Waals surface area contributed by atoms with Crippen LogP contribution in [0.4, 0.5) is 0 Å². The zero-order valence-electron chi connectivity index (χ0n) is 39.1. The van der Waals surface area contributed by atoms with Crippen molar-refractivity contribution >= 4 is 94.0 Å². The molecule has 362 valence electrons. The maximum absolute atomic E-state index is 12.6. The summed E-state index contributed by atoms with van der Waals surface area (Å²) in [7, 11) is 1.74. The van der Waals surface area contributed by atoms with E-state index < -0.39 is 22.4 Å². The minimum absolute atomic E-state index is 0. The number of hydrogen-bond donors (Lipinski definition) is 1. The molecule has 5 fully saturated rings. The van der Waals surface area contributed by atoms with E-state index in [9.17, 15) is 24.3 Å². The number of carbonyl (C=O) groups is 4. The molecule has 3 spiro atoms. The van der Waals surface area contributed by atoms with Crippen molar-refractivity contribution in [3.63, 3.8) is 0 Å². The summed E-state index contributed by atoms with van der Waals surface area (Å²) in [6.45, 7) is 7.92. The molecule has 3 saturated carbocycles. The maximum Gasteiger partial charge on any atom is 2.00 e. The van der Waals surface area contributed by atoms with E-state index in [0.717, 1.165) is 65.5 Å². The van der Waals surface area contributed by atoms with E-state index in [-0.39, 0.29) is 76.2 Å². The second-order valence-corrected chi connectivity index (χ2v) is 21.3. The van der Waals surface area contributed by atoms with E-state index in [0.29, 0.717) is 85.3 Å². The minimum atomic E-state index is -0.767. The number of ether oxygens (including phenoxy) is 6. The molecule has 11 rings (SSSR count). The van der Waals surface area contributed by atoms with Gasteiger partial charge >= 0.3 is 23.1 Å². The summed E-state index contributed by atoms with van der Waals surface area (Å²) in [4.78, 5) is 48.8. The van der Waals surface area contributed by atoms with Gasteiger partial charge in [-0.05, 0) is 145 Å². The van der Waals surface area contributed by atoms with Crippen molar-refractivity contribution in [3.8, 4) is 17.2 Å². The van der Waals surface area contributed by atoms with Crippen molar-refractivity contribution in [2.45, 2.75) is 145 Å². The molecule has 0 unspecified atom stereocenters. The normalized spacial score (nSPS) is 27.7. The Labute approximate surface area is 447 Å². The molecule has 0 amide bonds. The fraction of sp³-hybridized carbons (Fsp3) is 0.549. The molecule has 67 heavy (non-hydrogen) atoms. The average Bonchev–Trinajstić information content (AvgIpc) is 4.16. The van der Waals surface area contributed by atoms with Crippen LogP contribution >= 0.6 is 47.8 Å². The SMILES string of the molecule is C1CCOC1.C1CCOC1.CC1(O)CCC2(CC1)Oc1ccc(Br)cc1C2=O.COC1(C)CCC2(CC1)Oc1ccc(Br)cc1C2=O.O=C1CCC2(CC1)Oc1ccc(Br)cc1C2=O.[Br-].[CH3-].[Mg+2]. The topological polar surface area (TPSA) is 144 Å². The number of ketones is 4. The maximum atomic E-state index is 12.6. The molecule has 8 aliphatic rings. The van der Waals surface area contributed by atoms with E-state index in [1.807, 2.05) is 55.5 Å². The number of halogens is 4. The molecule has 0 atom stereocenters. The first-order valence-corrected chi connectivity index (χ1v) is 24.9. The van der Waals surface area contributed by atoms with Crippen LogP contribution in [0.3, 0.4) is 0 Å². The van der Waals surface area contributed by atoms with E-state index in [1.165, 1.54) is 25.7 Å². The van der Waals surface area contributed by atoms with Crippen LogP contribution in [0, 0.1) is 7.43 Å². The molecule has 5 heterocycles. The summed E-state index contributed by atoms with van der Waals surface area (Å²) in [6, 6.07) is 16.6. The standard InChI is InChI=1S/C15H17BrO3.C14H15BrO3.C13H11BrO3.2C4H8O.CH3.BrH.Mg/c1-14(18-2)5-7-15(8-6-14)13(17)11-9-10(16)3-4-12(11)19-15;1-13(17)4-6-14(7-5-13)12(16)10-8-9(15)2-3-11(10)18-14;14-8-1-2-11-10(7-8)12(16)13(17-11)5-3-9(15)4-6-13;2*1-2-4-5-3-1;;;/h3-4,9H,5-8H2,1-2H3;2-3,8,17H,4-7H2,1H3;1-2,7H,3-6H2;2*1-4H2;1H3;1H;/q;;;;;-1;;+2/p-1. The van der Waals surface area contributed by atoms with Gasteiger partial charge in [-0.25, -0.2) is 0 Å². The smallest absolute Gasteiger partial charge is 1.00 e. The zero-order valence-corrected chi connectivity index (χ0v) is 46.8. The average molecular weight is 1190 g/mol. The summed E-state index contributed by atoms with van der Waals surface area (Å²) >= 11 is 10.1. The summed E-state index contributed by atoms with van der Waals surface area (Å²) < 4.78 is 35.9. The van der Waals surface area contributed by atoms with Crippen molar-refractivity contribution < 1.29 is 69.7 Å². The van der Waals surface area contributed by atoms with Crippen LogP contribution in [-0.4, -0.2) is 113 Å². The minimum Gasteiger partial charge on any atom is -1.00 e. The number of fused-ring (bicyclic) bond motifs is 3. The number of benzene rings is 3. The van der Waals surface area contributed by atoms with Crippen LogP contribution in [0.15, 0.2) is 68.0 Å². The summed E-state index contributed by atoms with van der Waals surface area (Å²) in [5, 5.41) is 9.99. The number of Topliss-reactive ketones (excluding diaryl/α,β-unsaturated/α-hetero) is 4. The van der Waals surface area contributed by atoms with Gasteiger partial charge in [-0.15, -0.1) is 0 Å². The summed E-state index contributed by atoms with van der Waals surface area (Å²) in [5.41, 5.74) is -0.937. The number of rotatable bonds is 1. The molecule has 3 aromatic carbocycles. The van der Waals surface area contributed by atoms with Crippen LogP contribution in [-0.2, 0) is 19.0 Å². The number of carbonyl (C=O) groups excluding carboxylic acids is 4. The Kier molecular flexibility index (Phi) is 21.2. The van der Waals surface area contributed by atoms with Crippen molar-refractivity contribution in [2.75, 3.05) is 33.5 Å². The molecule has 0 aromatic heterocycles. The molecule has 5 aliphatic heterocycles. The molecule has 2 saturated heterocycles. The van der Waals surface area contributed by atoms with Gasteiger partial charge in [0.2, 0.25) is 17.3 Å². The summed E-state index contributed by atoms with van der Waals surface area (Å²) in [6.07, 6.45) is 12.6. The zero-order chi connectivity index (χ0) is 45.8. The Morgan fingerprint density at radius 3 is 1.13 bits per heavy atom. The Bertz CT molecular complexity index is 2170. The summed E-state index contributed by atoms with van der Waals surface area (Å²) in [5.74, 6) is 2.48. The van der Waals surface area contributed by atoms with Gasteiger partial charge in [0.25, 0.3) is 0 Å². The van der Waals surface area contributed by atoms with Gasteiger partial charge in [-0.2, -0.15) is 0 Å². The monoisotopic (exact) mass is 1190 g/mol. The third kappa shape index (κ3) is 13.6. The van der Waals surface area contributed by atoms with Crippen LogP contribution < -0.4 is 31.2 Å². The molecular weight excluding hydrogens is 1130 g/mol. The van der Waals surface area contributed by atoms with Gasteiger partial charge in [0, 0.05) is 72.6 Å². The van der Waals surface area contributed by atoms with Crippen LogP contribution in [0.1, 0.15) is 148 Å². The van der Waals surface area contributed by atoms with E-state index in [2.05, 4.69) is 54.7 Å². The van der Waals surface area contributed by atoms with E-state index in [1.54, 1.807) is 13.2 Å². The second-order valence-electron chi connectivity index (χ2n) is 18.5. The van der Waals surface area contributed by atoms with Gasteiger partial charge in [0.05, 0.1) is 27.9 Å². The largest absolute Gasteiger partial charge is 2.00 e. The van der Waals surface area contributed by atoms with E-state index >= 15 is 0 Å². The van der Waals surface area contributed by atoms with Crippen LogP contribution in [0.2, 0.25) is 0 Å². The molecule has 3 aliphatic carbocycles. The van der Waals surface area contributed by atoms with Gasteiger partial charge in [-0.1, -0.05) is 47.8 Å². The predicted octanol–water partition coefficient (Wildman–Crippen LogP) is 8.40. The van der Waals surface area contributed by atoms with Crippen LogP contribution in [0.5, 0.6) is 17.2 Å². The molecule has 0 bridgehead atoms. The van der Waals surface area contributed by atoms with Crippen LogP contribution in [0.25, 0.3) is 0 Å². The second kappa shape index (κ2) is 24.6. The van der Waals surface area contributed by atoms with Crippen molar-refractivity contribution in [1.29, 1.82) is 0 Å². The fourth-order valence-corrected chi connectivity index (χ4v) is 10.4. The Morgan fingerprint density at radius 1 is 0.522 bits per heavy atom. The van der Waals surface area contributed by atoms with E-state index in [4.69, 9.17) is 28.4 Å². The van der Waals surface area contributed by atoms with Crippen molar-refractivity contribution in [1.82, 2.24) is 0 Å².